The summed E-state index contributed by atoms with van der Waals surface area (Å²) in [6.45, 7) is 8.52. The molecule has 0 spiro atoms. The lowest BCUT2D eigenvalue weighted by Crippen LogP contribution is -2.39. The molecular weight excluding hydrogens is 300 g/mol. The number of likely N-dealkylation sites (N-methyl/N-ethyl adjacent to an activating group) is 1. The number of hydrogen-bond donors (Lipinski definition) is 1. The molecule has 5 nitrogen and oxygen atoms in total. The average Bonchev–Trinajstić information content (AvgIpc) is 2.53. The molecule has 0 saturated carbocycles. The van der Waals surface area contributed by atoms with Gasteiger partial charge in [-0.25, -0.2) is 0 Å². The highest BCUT2D eigenvalue weighted by atomic mass is 16.5. The molecule has 2 aromatic rings. The highest BCUT2D eigenvalue weighted by Gasteiger charge is 2.15. The van der Waals surface area contributed by atoms with E-state index in [0.29, 0.717) is 6.61 Å². The molecule has 0 amide bonds. The minimum atomic E-state index is -0.0648. The van der Waals surface area contributed by atoms with Crippen molar-refractivity contribution in [3.8, 4) is 5.75 Å². The summed E-state index contributed by atoms with van der Waals surface area (Å²) >= 11 is 0. The van der Waals surface area contributed by atoms with Crippen LogP contribution in [0.25, 0.3) is 0 Å². The Morgan fingerprint density at radius 3 is 2.67 bits per heavy atom. The predicted octanol–water partition coefficient (Wildman–Crippen LogP) is 2.61. The first kappa shape index (κ1) is 18.4. The third-order valence-electron chi connectivity index (χ3n) is 3.76. The summed E-state index contributed by atoms with van der Waals surface area (Å²) in [7, 11) is 2.05. The molecule has 1 atom stereocenters. The van der Waals surface area contributed by atoms with Crippen molar-refractivity contribution in [2.75, 3.05) is 20.2 Å². The standard InChI is InChI=1S/C19H28N4O/c1-19(2,3)16-8-18(11-22-10-16)24-14-17(20)13-23(4)12-15-6-5-7-21-9-15/h5-11,17H,12-14,20H2,1-4H3/t17-/m0/s1. The van der Waals surface area contributed by atoms with Crippen LogP contribution >= 0.6 is 0 Å². The molecule has 2 rings (SSSR count). The van der Waals surface area contributed by atoms with Crippen LogP contribution in [0.4, 0.5) is 0 Å². The van der Waals surface area contributed by atoms with Crippen molar-refractivity contribution in [1.82, 2.24) is 14.9 Å². The molecule has 24 heavy (non-hydrogen) atoms. The summed E-state index contributed by atoms with van der Waals surface area (Å²) in [4.78, 5) is 10.6. The lowest BCUT2D eigenvalue weighted by Gasteiger charge is -2.22. The summed E-state index contributed by atoms with van der Waals surface area (Å²) in [5.41, 5.74) is 8.58. The SMILES string of the molecule is CN(Cc1cccnc1)C[C@H](N)COc1cncc(C(C)(C)C)c1. The zero-order valence-corrected chi connectivity index (χ0v) is 15.1. The Hall–Kier alpha value is -1.98. The largest absolute Gasteiger partial charge is 0.490 e. The maximum atomic E-state index is 6.20. The minimum absolute atomic E-state index is 0.0540. The first-order valence-electron chi connectivity index (χ1n) is 8.26. The van der Waals surface area contributed by atoms with Crippen LogP contribution in [-0.4, -0.2) is 41.1 Å². The Bertz CT molecular complexity index is 625. The molecule has 2 aromatic heterocycles. The molecule has 0 aliphatic rings. The highest BCUT2D eigenvalue weighted by Crippen LogP contribution is 2.24. The Morgan fingerprint density at radius 1 is 1.21 bits per heavy atom. The van der Waals surface area contributed by atoms with Crippen molar-refractivity contribution in [3.63, 3.8) is 0 Å². The van der Waals surface area contributed by atoms with E-state index in [1.165, 1.54) is 5.56 Å². The fraction of sp³-hybridized carbons (Fsp3) is 0.474. The number of ether oxygens (including phenoxy) is 1. The Labute approximate surface area is 144 Å². The molecule has 0 fully saturated rings. The van der Waals surface area contributed by atoms with Gasteiger partial charge in [0.25, 0.3) is 0 Å². The van der Waals surface area contributed by atoms with Crippen LogP contribution in [0.2, 0.25) is 0 Å². The Morgan fingerprint density at radius 2 is 2.00 bits per heavy atom. The maximum absolute atomic E-state index is 6.20. The normalized spacial score (nSPS) is 13.1. The first-order valence-corrected chi connectivity index (χ1v) is 8.26. The van der Waals surface area contributed by atoms with Gasteiger partial charge in [0, 0.05) is 31.7 Å². The van der Waals surface area contributed by atoms with Crippen LogP contribution in [0.1, 0.15) is 31.9 Å². The Balaban J connectivity index is 1.81. The summed E-state index contributed by atoms with van der Waals surface area (Å²) in [6, 6.07) is 5.99. The lowest BCUT2D eigenvalue weighted by atomic mass is 9.88. The average molecular weight is 328 g/mol. The van der Waals surface area contributed by atoms with Gasteiger partial charge in [-0.3, -0.25) is 9.97 Å². The summed E-state index contributed by atoms with van der Waals surface area (Å²) < 4.78 is 5.83. The van der Waals surface area contributed by atoms with Crippen molar-refractivity contribution >= 4 is 0 Å². The van der Waals surface area contributed by atoms with Crippen LogP contribution in [0.15, 0.2) is 43.0 Å². The predicted molar refractivity (Wildman–Crippen MR) is 97.0 cm³/mol. The van der Waals surface area contributed by atoms with Crippen LogP contribution in [0.5, 0.6) is 5.75 Å². The minimum Gasteiger partial charge on any atom is -0.490 e. The van der Waals surface area contributed by atoms with Gasteiger partial charge in [-0.2, -0.15) is 0 Å². The van der Waals surface area contributed by atoms with E-state index >= 15 is 0 Å². The second-order valence-electron chi connectivity index (χ2n) is 7.29. The van der Waals surface area contributed by atoms with Crippen LogP contribution in [-0.2, 0) is 12.0 Å². The second-order valence-corrected chi connectivity index (χ2v) is 7.29. The fourth-order valence-electron chi connectivity index (χ4n) is 2.43. The smallest absolute Gasteiger partial charge is 0.137 e. The topological polar surface area (TPSA) is 64.3 Å². The lowest BCUT2D eigenvalue weighted by molar-refractivity contribution is 0.232. The summed E-state index contributed by atoms with van der Waals surface area (Å²) in [6.07, 6.45) is 7.28. The summed E-state index contributed by atoms with van der Waals surface area (Å²) in [5, 5.41) is 0. The van der Waals surface area contributed by atoms with E-state index < -0.39 is 0 Å². The molecule has 5 heteroatoms. The molecule has 0 aromatic carbocycles. The first-order chi connectivity index (χ1) is 11.3. The number of hydrogen-bond acceptors (Lipinski definition) is 5. The van der Waals surface area contributed by atoms with Crippen molar-refractivity contribution in [1.29, 1.82) is 0 Å². The molecule has 0 saturated heterocycles. The van der Waals surface area contributed by atoms with E-state index in [1.54, 1.807) is 12.4 Å². The molecule has 0 aliphatic carbocycles. The third-order valence-corrected chi connectivity index (χ3v) is 3.76. The molecule has 0 unspecified atom stereocenters. The molecule has 0 aliphatic heterocycles. The van der Waals surface area contributed by atoms with Gasteiger partial charge in [0.05, 0.1) is 12.2 Å². The number of pyridine rings is 2. The fourth-order valence-corrected chi connectivity index (χ4v) is 2.43. The third kappa shape index (κ3) is 5.91. The monoisotopic (exact) mass is 328 g/mol. The van der Waals surface area contributed by atoms with Gasteiger partial charge >= 0.3 is 0 Å². The van der Waals surface area contributed by atoms with Crippen molar-refractivity contribution in [2.24, 2.45) is 5.73 Å². The number of aromatic nitrogens is 2. The Kier molecular flexibility index (Phi) is 6.29. The number of nitrogens with zero attached hydrogens (tertiary/aromatic N) is 3. The molecule has 130 valence electrons. The van der Waals surface area contributed by atoms with Gasteiger partial charge in [-0.05, 0) is 35.7 Å². The van der Waals surface area contributed by atoms with Gasteiger partial charge in [0.15, 0.2) is 0 Å². The molecule has 2 heterocycles. The van der Waals surface area contributed by atoms with Crippen molar-refractivity contribution in [3.05, 3.63) is 54.1 Å². The van der Waals surface area contributed by atoms with Gasteiger partial charge in [0.1, 0.15) is 12.4 Å². The van der Waals surface area contributed by atoms with Gasteiger partial charge < -0.3 is 15.4 Å². The molecule has 2 N–H and O–H groups in total. The molecule has 0 radical (unpaired) electrons. The quantitative estimate of drug-likeness (QED) is 0.846. The van der Waals surface area contributed by atoms with Gasteiger partial charge in [-0.15, -0.1) is 0 Å². The van der Waals surface area contributed by atoms with E-state index in [1.807, 2.05) is 24.5 Å². The zero-order chi connectivity index (χ0) is 17.6. The molecule has 0 bridgehead atoms. The van der Waals surface area contributed by atoms with Crippen molar-refractivity contribution < 1.29 is 4.74 Å². The van der Waals surface area contributed by atoms with Crippen LogP contribution in [0.3, 0.4) is 0 Å². The van der Waals surface area contributed by atoms with E-state index in [2.05, 4.69) is 48.8 Å². The zero-order valence-electron chi connectivity index (χ0n) is 15.1. The van der Waals surface area contributed by atoms with Crippen LogP contribution < -0.4 is 10.5 Å². The van der Waals surface area contributed by atoms with Gasteiger partial charge in [-0.1, -0.05) is 26.8 Å². The molecular formula is C19H28N4O. The van der Waals surface area contributed by atoms with E-state index in [-0.39, 0.29) is 11.5 Å². The van der Waals surface area contributed by atoms with Crippen LogP contribution in [0, 0.1) is 0 Å². The van der Waals surface area contributed by atoms with E-state index in [9.17, 15) is 0 Å². The van der Waals surface area contributed by atoms with E-state index in [0.717, 1.165) is 24.4 Å². The highest BCUT2D eigenvalue weighted by molar-refractivity contribution is 5.28. The van der Waals surface area contributed by atoms with E-state index in [4.69, 9.17) is 10.5 Å². The number of rotatable bonds is 7. The summed E-state index contributed by atoms with van der Waals surface area (Å²) in [5.74, 6) is 0.771. The van der Waals surface area contributed by atoms with Crippen molar-refractivity contribution in [2.45, 2.75) is 38.8 Å². The number of nitrogens with two attached hydrogens (primary N) is 1. The second kappa shape index (κ2) is 8.22. The maximum Gasteiger partial charge on any atom is 0.137 e. The van der Waals surface area contributed by atoms with Gasteiger partial charge in [0.2, 0.25) is 0 Å².